The SMILES string of the molecule is CCC[C@H](NC(=O)C(=O)c1cccs1)C(=O)Nc1ncc(C(C)CCCC(C)(C)OC)s1. The van der Waals surface area contributed by atoms with Gasteiger partial charge in [0.25, 0.3) is 11.7 Å². The van der Waals surface area contributed by atoms with Crippen LogP contribution in [0.3, 0.4) is 0 Å². The molecule has 0 bridgehead atoms. The van der Waals surface area contributed by atoms with Crippen molar-refractivity contribution in [3.63, 3.8) is 0 Å². The molecule has 2 atom stereocenters. The largest absolute Gasteiger partial charge is 0.379 e. The average Bonchev–Trinajstić information content (AvgIpc) is 3.45. The number of ketones is 1. The summed E-state index contributed by atoms with van der Waals surface area (Å²) in [6.45, 7) is 8.23. The normalized spacial score (nSPS) is 13.4. The summed E-state index contributed by atoms with van der Waals surface area (Å²) < 4.78 is 5.47. The predicted molar refractivity (Wildman–Crippen MR) is 130 cm³/mol. The lowest BCUT2D eigenvalue weighted by atomic mass is 9.96. The number of hydrogen-bond donors (Lipinski definition) is 2. The highest BCUT2D eigenvalue weighted by molar-refractivity contribution is 7.15. The maximum Gasteiger partial charge on any atom is 0.293 e. The summed E-state index contributed by atoms with van der Waals surface area (Å²) in [5.41, 5.74) is -0.129. The van der Waals surface area contributed by atoms with Gasteiger partial charge in [-0.2, -0.15) is 0 Å². The van der Waals surface area contributed by atoms with E-state index in [1.807, 2.05) is 6.92 Å². The molecule has 7 nitrogen and oxygen atoms in total. The molecule has 0 fully saturated rings. The Hall–Kier alpha value is -2.10. The zero-order valence-electron chi connectivity index (χ0n) is 19.4. The molecule has 2 heterocycles. The summed E-state index contributed by atoms with van der Waals surface area (Å²) >= 11 is 2.64. The van der Waals surface area contributed by atoms with Crippen LogP contribution in [-0.4, -0.2) is 41.3 Å². The number of rotatable bonds is 13. The van der Waals surface area contributed by atoms with Crippen molar-refractivity contribution < 1.29 is 19.1 Å². The number of amides is 2. The van der Waals surface area contributed by atoms with Gasteiger partial charge in [0, 0.05) is 18.2 Å². The Morgan fingerprint density at radius 3 is 2.62 bits per heavy atom. The van der Waals surface area contributed by atoms with Crippen LogP contribution in [0, 0.1) is 0 Å². The number of ether oxygens (including phenoxy) is 1. The van der Waals surface area contributed by atoms with Gasteiger partial charge in [0.05, 0.1) is 10.5 Å². The van der Waals surface area contributed by atoms with E-state index in [0.29, 0.717) is 28.8 Å². The highest BCUT2D eigenvalue weighted by Gasteiger charge is 2.26. The van der Waals surface area contributed by atoms with Crippen LogP contribution in [0.5, 0.6) is 0 Å². The van der Waals surface area contributed by atoms with Crippen molar-refractivity contribution in [3.8, 4) is 0 Å². The molecule has 0 aliphatic heterocycles. The molecule has 0 saturated carbocycles. The van der Waals surface area contributed by atoms with E-state index in [4.69, 9.17) is 4.74 Å². The molecule has 0 spiro atoms. The molecule has 0 aliphatic carbocycles. The summed E-state index contributed by atoms with van der Waals surface area (Å²) in [6.07, 6.45) is 5.91. The first kappa shape index (κ1) is 26.2. The predicted octanol–water partition coefficient (Wildman–Crippen LogP) is 5.01. The standard InChI is InChI=1S/C23H33N3O4S2/c1-6-9-16(25-21(29)19(27)17-11-8-13-31-17)20(28)26-22-24-14-18(32-22)15(2)10-7-12-23(3,4)30-5/h8,11,13-16H,6-7,9-10,12H2,1-5H3,(H,25,29)(H,24,26,28)/t15?,16-/m0/s1. The zero-order chi connectivity index (χ0) is 23.7. The number of nitrogens with zero attached hydrogens (tertiary/aromatic N) is 1. The van der Waals surface area contributed by atoms with Crippen LogP contribution in [0.1, 0.15) is 80.3 Å². The fraction of sp³-hybridized carbons (Fsp3) is 0.565. The summed E-state index contributed by atoms with van der Waals surface area (Å²) in [5, 5.41) is 7.60. The van der Waals surface area contributed by atoms with Gasteiger partial charge in [0.2, 0.25) is 5.91 Å². The molecule has 2 aromatic heterocycles. The molecule has 9 heteroatoms. The summed E-state index contributed by atoms with van der Waals surface area (Å²) in [7, 11) is 1.73. The van der Waals surface area contributed by atoms with Gasteiger partial charge in [-0.3, -0.25) is 14.4 Å². The van der Waals surface area contributed by atoms with Crippen molar-refractivity contribution in [1.82, 2.24) is 10.3 Å². The minimum absolute atomic E-state index is 0.129. The lowest BCUT2D eigenvalue weighted by Crippen LogP contribution is -2.46. The van der Waals surface area contributed by atoms with Crippen LogP contribution in [0.25, 0.3) is 0 Å². The highest BCUT2D eigenvalue weighted by Crippen LogP contribution is 2.30. The maximum absolute atomic E-state index is 12.8. The third kappa shape index (κ3) is 7.79. The van der Waals surface area contributed by atoms with Gasteiger partial charge in [-0.25, -0.2) is 4.98 Å². The van der Waals surface area contributed by atoms with Crippen LogP contribution in [0.2, 0.25) is 0 Å². The van der Waals surface area contributed by atoms with Crippen LogP contribution in [-0.2, 0) is 14.3 Å². The van der Waals surface area contributed by atoms with Gasteiger partial charge in [0.1, 0.15) is 6.04 Å². The topological polar surface area (TPSA) is 97.4 Å². The molecule has 2 rings (SSSR count). The monoisotopic (exact) mass is 479 g/mol. The zero-order valence-corrected chi connectivity index (χ0v) is 21.0. The molecule has 0 aromatic carbocycles. The van der Waals surface area contributed by atoms with Gasteiger partial charge >= 0.3 is 0 Å². The number of anilines is 1. The van der Waals surface area contributed by atoms with Gasteiger partial charge in [-0.15, -0.1) is 22.7 Å². The van der Waals surface area contributed by atoms with E-state index in [0.717, 1.165) is 24.1 Å². The molecular formula is C23H33N3O4S2. The van der Waals surface area contributed by atoms with Gasteiger partial charge in [-0.1, -0.05) is 26.3 Å². The summed E-state index contributed by atoms with van der Waals surface area (Å²) in [5.74, 6) is -1.45. The molecular weight excluding hydrogens is 446 g/mol. The Morgan fingerprint density at radius 2 is 2.00 bits per heavy atom. The lowest BCUT2D eigenvalue weighted by molar-refractivity contribution is -0.124. The second-order valence-electron chi connectivity index (χ2n) is 8.44. The number of aromatic nitrogens is 1. The Balaban J connectivity index is 1.92. The first-order valence-electron chi connectivity index (χ1n) is 10.9. The van der Waals surface area contributed by atoms with E-state index in [9.17, 15) is 14.4 Å². The summed E-state index contributed by atoms with van der Waals surface area (Å²) in [4.78, 5) is 43.1. The number of nitrogens with one attached hydrogen (secondary N) is 2. The number of Topliss-reactive ketones (excluding diaryl/α,β-unsaturated/α-hetero) is 1. The Labute approximate surface area is 198 Å². The Kier molecular flexibility index (Phi) is 9.99. The third-order valence-corrected chi connectivity index (χ3v) is 7.37. The van der Waals surface area contributed by atoms with Gasteiger partial charge in [0.15, 0.2) is 5.13 Å². The molecule has 0 saturated heterocycles. The Bertz CT molecular complexity index is 893. The number of methoxy groups -OCH3 is 1. The lowest BCUT2D eigenvalue weighted by Gasteiger charge is -2.23. The number of thiazole rings is 1. The highest BCUT2D eigenvalue weighted by atomic mass is 32.1. The molecule has 176 valence electrons. The molecule has 0 aliphatic rings. The summed E-state index contributed by atoms with van der Waals surface area (Å²) in [6, 6.07) is 2.51. The van der Waals surface area contributed by atoms with E-state index in [1.165, 1.54) is 22.7 Å². The number of carbonyl (C=O) groups excluding carboxylic acids is 3. The minimum atomic E-state index is -0.794. The van der Waals surface area contributed by atoms with Crippen LogP contribution >= 0.6 is 22.7 Å². The molecule has 32 heavy (non-hydrogen) atoms. The van der Waals surface area contributed by atoms with Crippen LogP contribution in [0.15, 0.2) is 23.7 Å². The van der Waals surface area contributed by atoms with Crippen molar-refractivity contribution >= 4 is 45.4 Å². The van der Waals surface area contributed by atoms with Crippen molar-refractivity contribution in [2.24, 2.45) is 0 Å². The van der Waals surface area contributed by atoms with Crippen molar-refractivity contribution in [2.75, 3.05) is 12.4 Å². The van der Waals surface area contributed by atoms with E-state index in [2.05, 4.69) is 36.4 Å². The van der Waals surface area contributed by atoms with Crippen molar-refractivity contribution in [3.05, 3.63) is 33.5 Å². The van der Waals surface area contributed by atoms with E-state index in [1.54, 1.807) is 30.8 Å². The second kappa shape index (κ2) is 12.2. The van der Waals surface area contributed by atoms with Crippen LogP contribution < -0.4 is 10.6 Å². The quantitative estimate of drug-likeness (QED) is 0.311. The smallest absolute Gasteiger partial charge is 0.293 e. The van der Waals surface area contributed by atoms with E-state index < -0.39 is 17.7 Å². The molecule has 2 amide bonds. The molecule has 2 aromatic rings. The maximum atomic E-state index is 12.8. The minimum Gasteiger partial charge on any atom is -0.379 e. The fourth-order valence-corrected chi connectivity index (χ4v) is 4.71. The first-order chi connectivity index (χ1) is 15.2. The third-order valence-electron chi connectivity index (χ3n) is 5.36. The van der Waals surface area contributed by atoms with Gasteiger partial charge in [-0.05, 0) is 56.9 Å². The average molecular weight is 480 g/mol. The molecule has 1 unspecified atom stereocenters. The van der Waals surface area contributed by atoms with Gasteiger partial charge < -0.3 is 15.4 Å². The number of carbonyl (C=O) groups is 3. The van der Waals surface area contributed by atoms with E-state index >= 15 is 0 Å². The fourth-order valence-electron chi connectivity index (χ4n) is 3.14. The second-order valence-corrected chi connectivity index (χ2v) is 10.4. The first-order valence-corrected chi connectivity index (χ1v) is 12.6. The number of hydrogen-bond acceptors (Lipinski definition) is 7. The Morgan fingerprint density at radius 1 is 1.25 bits per heavy atom. The van der Waals surface area contributed by atoms with Crippen LogP contribution in [0.4, 0.5) is 5.13 Å². The van der Waals surface area contributed by atoms with E-state index in [-0.39, 0.29) is 11.5 Å². The van der Waals surface area contributed by atoms with Crippen molar-refractivity contribution in [1.29, 1.82) is 0 Å². The van der Waals surface area contributed by atoms with Crippen molar-refractivity contribution in [2.45, 2.75) is 77.4 Å². The number of thiophene rings is 1. The molecule has 0 radical (unpaired) electrons. The molecule has 2 N–H and O–H groups in total.